The van der Waals surface area contributed by atoms with Crippen LogP contribution in [0.25, 0.3) is 11.1 Å². The number of aromatic hydroxyl groups is 1. The van der Waals surface area contributed by atoms with Crippen molar-refractivity contribution in [3.05, 3.63) is 77.6 Å². The summed E-state index contributed by atoms with van der Waals surface area (Å²) in [6.45, 7) is 3.81. The second-order valence-corrected chi connectivity index (χ2v) is 7.81. The van der Waals surface area contributed by atoms with Gasteiger partial charge in [0.2, 0.25) is 0 Å². The highest BCUT2D eigenvalue weighted by atomic mass is 16.3. The van der Waals surface area contributed by atoms with Gasteiger partial charge in [-0.15, -0.1) is 0 Å². The van der Waals surface area contributed by atoms with E-state index in [-0.39, 0.29) is 23.1 Å². The number of carbonyl (C=O) groups excluding carboxylic acids is 1. The van der Waals surface area contributed by atoms with Crippen LogP contribution in [0.1, 0.15) is 46.8 Å². The summed E-state index contributed by atoms with van der Waals surface area (Å²) in [5.41, 5.74) is 4.35. The van der Waals surface area contributed by atoms with Gasteiger partial charge in [0, 0.05) is 24.2 Å². The van der Waals surface area contributed by atoms with Crippen LogP contribution in [0.4, 0.5) is 5.69 Å². The first kappa shape index (κ1) is 20.1. The molecule has 1 aliphatic heterocycles. The Morgan fingerprint density at radius 2 is 1.93 bits per heavy atom. The second kappa shape index (κ2) is 9.09. The van der Waals surface area contributed by atoms with Crippen LogP contribution >= 0.6 is 0 Å². The highest BCUT2D eigenvalue weighted by Gasteiger charge is 2.22. The van der Waals surface area contributed by atoms with Gasteiger partial charge in [-0.25, -0.2) is 0 Å². The van der Waals surface area contributed by atoms with Crippen molar-refractivity contribution in [1.82, 2.24) is 10.3 Å². The first-order valence-corrected chi connectivity index (χ1v) is 10.5. The molecule has 5 nitrogen and oxygen atoms in total. The lowest BCUT2D eigenvalue weighted by Gasteiger charge is -2.18. The highest BCUT2D eigenvalue weighted by Crippen LogP contribution is 2.36. The number of anilines is 1. The smallest absolute Gasteiger partial charge is 0.259 e. The molecule has 2 aromatic carbocycles. The Bertz CT molecular complexity index is 1030. The predicted molar refractivity (Wildman–Crippen MR) is 120 cm³/mol. The number of pyridine rings is 1. The number of carbonyl (C=O) groups is 1. The molecule has 1 unspecified atom stereocenters. The highest BCUT2D eigenvalue weighted by molar-refractivity contribution is 6.08. The van der Waals surface area contributed by atoms with Crippen molar-refractivity contribution in [2.45, 2.75) is 32.1 Å². The zero-order valence-electron chi connectivity index (χ0n) is 17.2. The molecule has 154 valence electrons. The Hall–Kier alpha value is -3.18. The van der Waals surface area contributed by atoms with E-state index in [0.29, 0.717) is 11.3 Å². The minimum atomic E-state index is -0.333. The Morgan fingerprint density at radius 1 is 1.10 bits per heavy atom. The van der Waals surface area contributed by atoms with Crippen LogP contribution in [0.5, 0.6) is 5.75 Å². The van der Waals surface area contributed by atoms with Crippen LogP contribution in [0, 0.1) is 6.92 Å². The number of hydrogen-bond acceptors (Lipinski definition) is 4. The average Bonchev–Trinajstić information content (AvgIpc) is 3.04. The molecule has 2 heterocycles. The van der Waals surface area contributed by atoms with Crippen molar-refractivity contribution < 1.29 is 9.90 Å². The number of nitrogens with zero attached hydrogens (tertiary/aromatic N) is 1. The van der Waals surface area contributed by atoms with Crippen molar-refractivity contribution in [3.8, 4) is 16.9 Å². The van der Waals surface area contributed by atoms with Crippen molar-refractivity contribution in [3.63, 3.8) is 0 Å². The van der Waals surface area contributed by atoms with Crippen LogP contribution in [-0.4, -0.2) is 29.1 Å². The first-order chi connectivity index (χ1) is 14.6. The van der Waals surface area contributed by atoms with Gasteiger partial charge in [-0.05, 0) is 55.6 Å². The molecule has 5 heteroatoms. The summed E-state index contributed by atoms with van der Waals surface area (Å²) in [7, 11) is 0. The van der Waals surface area contributed by atoms with E-state index in [4.69, 9.17) is 0 Å². The molecule has 0 radical (unpaired) electrons. The molecule has 1 aliphatic rings. The van der Waals surface area contributed by atoms with Crippen molar-refractivity contribution >= 4 is 11.6 Å². The molecule has 1 aromatic heterocycles. The Morgan fingerprint density at radius 3 is 2.77 bits per heavy atom. The molecule has 1 saturated heterocycles. The molecule has 4 rings (SSSR count). The fraction of sp³-hybridized carbons (Fsp3) is 0.280. The third kappa shape index (κ3) is 4.21. The molecule has 3 N–H and O–H groups in total. The molecular weight excluding hydrogens is 374 g/mol. The topological polar surface area (TPSA) is 74.2 Å². The fourth-order valence-corrected chi connectivity index (χ4v) is 4.14. The Balaban J connectivity index is 1.64. The maximum absolute atomic E-state index is 13.1. The number of benzene rings is 2. The number of nitrogens with one attached hydrogen (secondary N) is 2. The molecule has 3 aromatic rings. The van der Waals surface area contributed by atoms with E-state index in [2.05, 4.69) is 15.6 Å². The van der Waals surface area contributed by atoms with E-state index in [9.17, 15) is 9.90 Å². The summed E-state index contributed by atoms with van der Waals surface area (Å²) in [6.07, 6.45) is 5.11. The Labute approximate surface area is 177 Å². The fourth-order valence-electron chi connectivity index (χ4n) is 4.14. The van der Waals surface area contributed by atoms with Crippen LogP contribution in [0.2, 0.25) is 0 Å². The predicted octanol–water partition coefficient (Wildman–Crippen LogP) is 4.87. The van der Waals surface area contributed by atoms with Gasteiger partial charge in [-0.3, -0.25) is 9.78 Å². The number of amides is 1. The number of aryl methyl sites for hydroxylation is 1. The van der Waals surface area contributed by atoms with Crippen LogP contribution in [0.3, 0.4) is 0 Å². The molecule has 0 spiro atoms. The van der Waals surface area contributed by atoms with Gasteiger partial charge >= 0.3 is 0 Å². The number of hydrogen-bond donors (Lipinski definition) is 3. The lowest BCUT2D eigenvalue weighted by molar-refractivity contribution is 0.102. The van der Waals surface area contributed by atoms with Crippen molar-refractivity contribution in [2.75, 3.05) is 18.4 Å². The molecule has 0 saturated carbocycles. The summed E-state index contributed by atoms with van der Waals surface area (Å²) in [6, 6.07) is 16.9. The number of phenols is 1. The third-order valence-electron chi connectivity index (χ3n) is 5.71. The summed E-state index contributed by atoms with van der Waals surface area (Å²) in [5, 5.41) is 17.4. The van der Waals surface area contributed by atoms with Gasteiger partial charge in [0.25, 0.3) is 5.91 Å². The lowest BCUT2D eigenvalue weighted by Crippen LogP contribution is -2.22. The average molecular weight is 402 g/mol. The SMILES string of the molecule is Cc1ccc(C(=O)Nc2cccnc2C2CCCCNC2)c(O)c1-c1ccccc1. The van der Waals surface area contributed by atoms with Crippen LogP contribution in [-0.2, 0) is 0 Å². The van der Waals surface area contributed by atoms with E-state index < -0.39 is 0 Å². The lowest BCUT2D eigenvalue weighted by atomic mass is 9.95. The number of phenolic OH excluding ortho intramolecular Hbond substituents is 1. The zero-order valence-corrected chi connectivity index (χ0v) is 17.2. The van der Waals surface area contributed by atoms with E-state index >= 15 is 0 Å². The summed E-state index contributed by atoms with van der Waals surface area (Å²) in [5.74, 6) is -0.0729. The normalized spacial score (nSPS) is 16.6. The van der Waals surface area contributed by atoms with E-state index in [1.165, 1.54) is 0 Å². The maximum Gasteiger partial charge on any atom is 0.259 e. The quantitative estimate of drug-likeness (QED) is 0.583. The first-order valence-electron chi connectivity index (χ1n) is 10.5. The standard InChI is InChI=1S/C25H27N3O2/c1-17-12-13-20(24(29)22(17)18-8-3-2-4-9-18)25(30)28-21-11-7-15-27-23(21)19-10-5-6-14-26-16-19/h2-4,7-9,11-13,15,19,26,29H,5-6,10,14,16H2,1H3,(H,28,30). The van der Waals surface area contributed by atoms with Crippen molar-refractivity contribution in [1.29, 1.82) is 0 Å². The van der Waals surface area contributed by atoms with Gasteiger partial charge in [0.15, 0.2) is 0 Å². The molecule has 30 heavy (non-hydrogen) atoms. The molecular formula is C25H27N3O2. The second-order valence-electron chi connectivity index (χ2n) is 7.81. The van der Waals surface area contributed by atoms with Gasteiger partial charge in [0.05, 0.1) is 16.9 Å². The molecule has 0 aliphatic carbocycles. The Kier molecular flexibility index (Phi) is 6.10. The van der Waals surface area contributed by atoms with Gasteiger partial charge in [0.1, 0.15) is 5.75 Å². The molecule has 1 amide bonds. The largest absolute Gasteiger partial charge is 0.506 e. The number of aromatic nitrogens is 1. The van der Waals surface area contributed by atoms with Crippen LogP contribution < -0.4 is 10.6 Å². The maximum atomic E-state index is 13.1. The van der Waals surface area contributed by atoms with E-state index in [1.807, 2.05) is 55.5 Å². The monoisotopic (exact) mass is 401 g/mol. The van der Waals surface area contributed by atoms with E-state index in [1.54, 1.807) is 12.3 Å². The summed E-state index contributed by atoms with van der Waals surface area (Å²) in [4.78, 5) is 17.7. The van der Waals surface area contributed by atoms with Crippen molar-refractivity contribution in [2.24, 2.45) is 0 Å². The minimum absolute atomic E-state index is 0.000253. The molecule has 0 bridgehead atoms. The number of rotatable bonds is 4. The zero-order chi connectivity index (χ0) is 20.9. The van der Waals surface area contributed by atoms with Crippen LogP contribution in [0.15, 0.2) is 60.8 Å². The molecule has 1 fully saturated rings. The van der Waals surface area contributed by atoms with Gasteiger partial charge in [-0.2, -0.15) is 0 Å². The summed E-state index contributed by atoms with van der Waals surface area (Å²) < 4.78 is 0. The minimum Gasteiger partial charge on any atom is -0.506 e. The van der Waals surface area contributed by atoms with Gasteiger partial charge < -0.3 is 15.7 Å². The third-order valence-corrected chi connectivity index (χ3v) is 5.71. The van der Waals surface area contributed by atoms with E-state index in [0.717, 1.165) is 49.2 Å². The molecule has 1 atom stereocenters. The van der Waals surface area contributed by atoms with Gasteiger partial charge in [-0.1, -0.05) is 42.8 Å². The summed E-state index contributed by atoms with van der Waals surface area (Å²) >= 11 is 0.